The Bertz CT molecular complexity index is 598. The van der Waals surface area contributed by atoms with Crippen LogP contribution in [0.4, 0.5) is 0 Å². The number of primary amides is 1. The van der Waals surface area contributed by atoms with Gasteiger partial charge in [-0.05, 0) is 32.7 Å². The van der Waals surface area contributed by atoms with Gasteiger partial charge in [0.25, 0.3) is 0 Å². The molecule has 0 aromatic rings. The summed E-state index contributed by atoms with van der Waals surface area (Å²) in [6.45, 7) is 1.04. The lowest BCUT2D eigenvalue weighted by atomic mass is 10.1. The van der Waals surface area contributed by atoms with Crippen molar-refractivity contribution in [2.75, 3.05) is 13.1 Å². The molecule has 0 heterocycles. The van der Waals surface area contributed by atoms with Crippen molar-refractivity contribution >= 4 is 29.6 Å². The number of hydrogen-bond acceptors (Lipinski definition) is 8. The van der Waals surface area contributed by atoms with Crippen LogP contribution in [0.15, 0.2) is 0 Å². The summed E-state index contributed by atoms with van der Waals surface area (Å²) in [5.41, 5.74) is 15.7. The zero-order valence-electron chi connectivity index (χ0n) is 16.2. The van der Waals surface area contributed by atoms with E-state index in [1.807, 2.05) is 0 Å². The third-order valence-electron chi connectivity index (χ3n) is 3.82. The third kappa shape index (κ3) is 11.0. The standard InChI is InChI=1S/C16H30N6O7/c1-8(23)13(22-14(26)9(18)6-11(19)24)15(27)20-7-12(25)21-10(16(28)29)4-2-3-5-17/h8-10,13,23H,2-7,17-18H2,1H3,(H2,19,24)(H,20,27)(H,21,25)(H,22,26)(H,28,29). The van der Waals surface area contributed by atoms with Gasteiger partial charge in [-0.3, -0.25) is 19.2 Å². The number of carbonyl (C=O) groups is 5. The molecule has 29 heavy (non-hydrogen) atoms. The van der Waals surface area contributed by atoms with E-state index in [0.717, 1.165) is 0 Å². The highest BCUT2D eigenvalue weighted by Crippen LogP contribution is 2.01. The van der Waals surface area contributed by atoms with Crippen molar-refractivity contribution in [3.05, 3.63) is 0 Å². The Labute approximate surface area is 167 Å². The van der Waals surface area contributed by atoms with Crippen LogP contribution in [-0.4, -0.2) is 77.1 Å². The van der Waals surface area contributed by atoms with E-state index in [-0.39, 0.29) is 6.42 Å². The molecule has 0 aliphatic rings. The highest BCUT2D eigenvalue weighted by atomic mass is 16.4. The number of carbonyl (C=O) groups excluding carboxylic acids is 4. The molecule has 0 spiro atoms. The number of rotatable bonds is 14. The zero-order chi connectivity index (χ0) is 22.6. The van der Waals surface area contributed by atoms with E-state index in [2.05, 4.69) is 16.0 Å². The molecule has 0 aliphatic carbocycles. The quantitative estimate of drug-likeness (QED) is 0.128. The number of aliphatic hydroxyl groups excluding tert-OH is 1. The first-order valence-electron chi connectivity index (χ1n) is 9.01. The van der Waals surface area contributed by atoms with Crippen molar-refractivity contribution in [1.29, 1.82) is 0 Å². The maximum absolute atomic E-state index is 12.2. The van der Waals surface area contributed by atoms with Gasteiger partial charge in [0.05, 0.1) is 25.1 Å². The van der Waals surface area contributed by atoms with Gasteiger partial charge in [0.15, 0.2) is 0 Å². The SMILES string of the molecule is CC(O)C(NC(=O)C(N)CC(N)=O)C(=O)NCC(=O)NC(CCCCN)C(=O)O. The van der Waals surface area contributed by atoms with E-state index in [4.69, 9.17) is 22.3 Å². The van der Waals surface area contributed by atoms with Gasteiger partial charge in [-0.1, -0.05) is 0 Å². The van der Waals surface area contributed by atoms with Crippen molar-refractivity contribution in [2.24, 2.45) is 17.2 Å². The largest absolute Gasteiger partial charge is 0.480 e. The number of nitrogens with two attached hydrogens (primary N) is 3. The molecule has 13 heteroatoms. The maximum Gasteiger partial charge on any atom is 0.326 e. The van der Waals surface area contributed by atoms with E-state index in [1.165, 1.54) is 6.92 Å². The average molecular weight is 418 g/mol. The van der Waals surface area contributed by atoms with Crippen molar-refractivity contribution in [3.63, 3.8) is 0 Å². The van der Waals surface area contributed by atoms with Crippen LogP contribution >= 0.6 is 0 Å². The van der Waals surface area contributed by atoms with Crippen LogP contribution in [0.25, 0.3) is 0 Å². The predicted molar refractivity (Wildman–Crippen MR) is 101 cm³/mol. The first-order valence-corrected chi connectivity index (χ1v) is 9.01. The molecule has 4 unspecified atom stereocenters. The number of hydrogen-bond donors (Lipinski definition) is 8. The van der Waals surface area contributed by atoms with Crippen LogP contribution in [0.3, 0.4) is 0 Å². The fourth-order valence-corrected chi connectivity index (χ4v) is 2.25. The number of carboxylic acids is 1. The fourth-order valence-electron chi connectivity index (χ4n) is 2.25. The second-order valence-electron chi connectivity index (χ2n) is 6.46. The van der Waals surface area contributed by atoms with Crippen molar-refractivity contribution in [3.8, 4) is 0 Å². The van der Waals surface area contributed by atoms with Gasteiger partial charge in [-0.15, -0.1) is 0 Å². The van der Waals surface area contributed by atoms with Gasteiger partial charge in [0.2, 0.25) is 23.6 Å². The molecular weight excluding hydrogens is 388 g/mol. The number of unbranched alkanes of at least 4 members (excludes halogenated alkanes) is 1. The Balaban J connectivity index is 4.70. The van der Waals surface area contributed by atoms with Gasteiger partial charge in [-0.25, -0.2) is 4.79 Å². The number of amides is 4. The third-order valence-corrected chi connectivity index (χ3v) is 3.82. The van der Waals surface area contributed by atoms with Crippen molar-refractivity contribution in [1.82, 2.24) is 16.0 Å². The molecule has 13 nitrogen and oxygen atoms in total. The number of nitrogens with one attached hydrogen (secondary N) is 3. The Morgan fingerprint density at radius 3 is 2.14 bits per heavy atom. The summed E-state index contributed by atoms with van der Waals surface area (Å²) in [6.07, 6.45) is -0.517. The summed E-state index contributed by atoms with van der Waals surface area (Å²) in [5, 5.41) is 25.4. The Hall–Kier alpha value is -2.77. The first kappa shape index (κ1) is 26.2. The Morgan fingerprint density at radius 1 is 1.03 bits per heavy atom. The summed E-state index contributed by atoms with van der Waals surface area (Å²) in [7, 11) is 0. The second kappa shape index (κ2) is 13.4. The smallest absolute Gasteiger partial charge is 0.326 e. The molecule has 0 rings (SSSR count). The minimum absolute atomic E-state index is 0.177. The van der Waals surface area contributed by atoms with Crippen LogP contribution in [0.1, 0.15) is 32.6 Å². The summed E-state index contributed by atoms with van der Waals surface area (Å²) >= 11 is 0. The van der Waals surface area contributed by atoms with E-state index in [1.54, 1.807) is 0 Å². The summed E-state index contributed by atoms with van der Waals surface area (Å²) in [6, 6.07) is -3.89. The Kier molecular flexibility index (Phi) is 12.1. The molecule has 0 aromatic heterocycles. The second-order valence-corrected chi connectivity index (χ2v) is 6.46. The normalized spacial score (nSPS) is 14.8. The highest BCUT2D eigenvalue weighted by molar-refractivity contribution is 5.94. The van der Waals surface area contributed by atoms with Crippen LogP contribution in [0.5, 0.6) is 0 Å². The molecule has 0 aliphatic heterocycles. The fraction of sp³-hybridized carbons (Fsp3) is 0.688. The van der Waals surface area contributed by atoms with Crippen molar-refractivity contribution in [2.45, 2.75) is 56.8 Å². The number of aliphatic carboxylic acids is 1. The van der Waals surface area contributed by atoms with Gasteiger partial charge >= 0.3 is 5.97 Å². The van der Waals surface area contributed by atoms with Gasteiger partial charge in [0.1, 0.15) is 12.1 Å². The summed E-state index contributed by atoms with van der Waals surface area (Å²) in [5.74, 6) is -4.59. The molecule has 0 fully saturated rings. The van der Waals surface area contributed by atoms with Gasteiger partial charge in [0, 0.05) is 0 Å². The minimum atomic E-state index is -1.45. The molecule has 0 aromatic carbocycles. The number of carboxylic acid groups (broad SMARTS) is 1. The zero-order valence-corrected chi connectivity index (χ0v) is 16.2. The lowest BCUT2D eigenvalue weighted by Crippen LogP contribution is -2.57. The summed E-state index contributed by atoms with van der Waals surface area (Å²) < 4.78 is 0. The molecule has 4 atom stereocenters. The molecule has 166 valence electrons. The van der Waals surface area contributed by atoms with Crippen LogP contribution in [0, 0.1) is 0 Å². The lowest BCUT2D eigenvalue weighted by Gasteiger charge is -2.22. The monoisotopic (exact) mass is 418 g/mol. The van der Waals surface area contributed by atoms with Crippen LogP contribution in [0.2, 0.25) is 0 Å². The maximum atomic E-state index is 12.2. The molecule has 0 bridgehead atoms. The minimum Gasteiger partial charge on any atom is -0.480 e. The van der Waals surface area contributed by atoms with Crippen molar-refractivity contribution < 1.29 is 34.2 Å². The topological polar surface area (TPSA) is 240 Å². The molecule has 0 radical (unpaired) electrons. The van der Waals surface area contributed by atoms with E-state index >= 15 is 0 Å². The van der Waals surface area contributed by atoms with Gasteiger partial charge in [-0.2, -0.15) is 0 Å². The van der Waals surface area contributed by atoms with E-state index in [9.17, 15) is 29.1 Å². The van der Waals surface area contributed by atoms with E-state index < -0.39 is 66.8 Å². The van der Waals surface area contributed by atoms with E-state index in [0.29, 0.717) is 19.4 Å². The number of aliphatic hydroxyl groups is 1. The molecule has 11 N–H and O–H groups in total. The first-order chi connectivity index (χ1) is 13.5. The molecule has 0 saturated heterocycles. The predicted octanol–water partition coefficient (Wildman–Crippen LogP) is -4.13. The van der Waals surface area contributed by atoms with Crippen LogP contribution in [-0.2, 0) is 24.0 Å². The molecular formula is C16H30N6O7. The molecule has 4 amide bonds. The van der Waals surface area contributed by atoms with Gasteiger partial charge < -0.3 is 43.4 Å². The van der Waals surface area contributed by atoms with Crippen LogP contribution < -0.4 is 33.2 Å². The lowest BCUT2D eigenvalue weighted by molar-refractivity contribution is -0.142. The highest BCUT2D eigenvalue weighted by Gasteiger charge is 2.29. The molecule has 0 saturated carbocycles. The summed E-state index contributed by atoms with van der Waals surface area (Å²) in [4.78, 5) is 57.9. The average Bonchev–Trinajstić information content (AvgIpc) is 2.62. The Morgan fingerprint density at radius 2 is 1.66 bits per heavy atom.